The Labute approximate surface area is 212 Å². The standard InChI is InChI=1S/C14H17F3N3O14P3S/c1-4-7(21)5-2-20(13(38)19-11(5)18-10(4)14(15,16)17)12-9(23)8(22)6(32-12)3-31-36(27,28)34-37(29,30)33-35(24,25)26/h2,6,8-9,12,22-23H,3H2,1H3,(H,27,28)(H,29,30)(H,18,19,38)(H2,24,25,26)/t6-,8?,9+,12-/m1/s1. The number of rotatable bonds is 8. The van der Waals surface area contributed by atoms with Crippen LogP contribution in [0, 0.1) is 11.7 Å². The molecule has 0 spiro atoms. The van der Waals surface area contributed by atoms with Gasteiger partial charge in [-0.15, -0.1) is 0 Å². The summed E-state index contributed by atoms with van der Waals surface area (Å²) >= 11 is 4.99. The van der Waals surface area contributed by atoms with E-state index in [1.54, 1.807) is 0 Å². The summed E-state index contributed by atoms with van der Waals surface area (Å²) in [6.07, 6.45) is -11.1. The lowest BCUT2D eigenvalue weighted by atomic mass is 10.1. The van der Waals surface area contributed by atoms with E-state index < -0.39 is 93.3 Å². The number of alkyl halides is 3. The van der Waals surface area contributed by atoms with Crippen LogP contribution in [-0.2, 0) is 37.8 Å². The highest BCUT2D eigenvalue weighted by Crippen LogP contribution is 2.66. The van der Waals surface area contributed by atoms with Gasteiger partial charge in [0, 0.05) is 11.8 Å². The Morgan fingerprint density at radius 1 is 1.13 bits per heavy atom. The molecule has 17 nitrogen and oxygen atoms in total. The van der Waals surface area contributed by atoms with Gasteiger partial charge in [-0.2, -0.15) is 21.8 Å². The summed E-state index contributed by atoms with van der Waals surface area (Å²) in [6.45, 7) is -0.224. The Morgan fingerprint density at radius 3 is 2.29 bits per heavy atom. The Hall–Kier alpha value is -1.41. The summed E-state index contributed by atoms with van der Waals surface area (Å²) in [6, 6.07) is 0. The number of nitrogens with one attached hydrogen (secondary N) is 1. The Balaban J connectivity index is 1.84. The minimum absolute atomic E-state index is 0.397. The van der Waals surface area contributed by atoms with Crippen molar-refractivity contribution in [2.45, 2.75) is 37.6 Å². The van der Waals surface area contributed by atoms with Crippen molar-refractivity contribution in [1.82, 2.24) is 14.5 Å². The van der Waals surface area contributed by atoms with Gasteiger partial charge >= 0.3 is 29.6 Å². The molecule has 3 rings (SSSR count). The van der Waals surface area contributed by atoms with Gasteiger partial charge in [0.05, 0.1) is 12.0 Å². The first-order chi connectivity index (χ1) is 17.1. The second-order valence-electron chi connectivity index (χ2n) is 7.58. The summed E-state index contributed by atoms with van der Waals surface area (Å²) in [5.41, 5.74) is -3.67. The fourth-order valence-corrected chi connectivity index (χ4v) is 6.57. The van der Waals surface area contributed by atoms with E-state index in [2.05, 4.69) is 18.1 Å². The summed E-state index contributed by atoms with van der Waals surface area (Å²) in [7, 11) is -17.1. The van der Waals surface area contributed by atoms with Gasteiger partial charge in [-0.05, 0) is 19.1 Å². The van der Waals surface area contributed by atoms with Crippen molar-refractivity contribution in [1.29, 1.82) is 0 Å². The van der Waals surface area contributed by atoms with E-state index in [1.165, 1.54) is 0 Å². The van der Waals surface area contributed by atoms with Gasteiger partial charge in [0.1, 0.15) is 29.7 Å². The van der Waals surface area contributed by atoms with Crippen LogP contribution < -0.4 is 5.43 Å². The minimum Gasteiger partial charge on any atom is -0.387 e. The molecule has 1 saturated heterocycles. The molecule has 24 heteroatoms. The van der Waals surface area contributed by atoms with Crippen molar-refractivity contribution < 1.29 is 74.5 Å². The van der Waals surface area contributed by atoms with E-state index in [9.17, 15) is 46.8 Å². The molecule has 0 aromatic carbocycles. The number of phosphoric acid groups is 3. The van der Waals surface area contributed by atoms with Crippen LogP contribution in [0.15, 0.2) is 11.0 Å². The molecule has 0 saturated carbocycles. The number of aromatic nitrogens is 3. The molecule has 2 aromatic rings. The van der Waals surface area contributed by atoms with Crippen molar-refractivity contribution in [2.24, 2.45) is 0 Å². The van der Waals surface area contributed by atoms with Crippen molar-refractivity contribution in [3.05, 3.63) is 32.4 Å². The Morgan fingerprint density at radius 2 is 1.74 bits per heavy atom. The van der Waals surface area contributed by atoms with E-state index in [-0.39, 0.29) is 0 Å². The molecule has 6 atom stereocenters. The first-order valence-corrected chi connectivity index (χ1v) is 14.6. The van der Waals surface area contributed by atoms with E-state index in [1.807, 2.05) is 4.98 Å². The number of aliphatic hydroxyl groups is 2. The summed E-state index contributed by atoms with van der Waals surface area (Å²) < 4.78 is 90.6. The van der Waals surface area contributed by atoms with Gasteiger partial charge in [0.2, 0.25) is 4.77 Å². The fraction of sp³-hybridized carbons (Fsp3) is 0.500. The van der Waals surface area contributed by atoms with Gasteiger partial charge in [-0.3, -0.25) is 13.9 Å². The van der Waals surface area contributed by atoms with Crippen LogP contribution in [0.5, 0.6) is 0 Å². The number of phosphoric ester groups is 1. The topological polar surface area (TPSA) is 260 Å². The third kappa shape index (κ3) is 7.01. The number of aromatic amines is 1. The van der Waals surface area contributed by atoms with Gasteiger partial charge in [-0.25, -0.2) is 18.7 Å². The molecule has 3 heterocycles. The molecule has 1 fully saturated rings. The lowest BCUT2D eigenvalue weighted by Gasteiger charge is -2.20. The van der Waals surface area contributed by atoms with Crippen molar-refractivity contribution in [3.8, 4) is 0 Å². The predicted molar refractivity (Wildman–Crippen MR) is 117 cm³/mol. The number of H-pyrrole nitrogens is 1. The van der Waals surface area contributed by atoms with Gasteiger partial charge in [0.25, 0.3) is 0 Å². The number of fused-ring (bicyclic) bond motifs is 1. The normalized spacial score (nSPS) is 25.8. The Bertz CT molecular complexity index is 1510. The largest absolute Gasteiger partial charge is 0.490 e. The molecule has 214 valence electrons. The molecule has 1 aliphatic rings. The summed E-state index contributed by atoms with van der Waals surface area (Å²) in [5, 5.41) is 20.2. The summed E-state index contributed by atoms with van der Waals surface area (Å²) in [4.78, 5) is 54.0. The van der Waals surface area contributed by atoms with E-state index in [4.69, 9.17) is 31.6 Å². The summed E-state index contributed by atoms with van der Waals surface area (Å²) in [5.74, 6) is 0. The molecule has 7 N–H and O–H groups in total. The Kier molecular flexibility index (Phi) is 8.62. The molecule has 0 amide bonds. The average Bonchev–Trinajstić information content (AvgIpc) is 2.99. The zero-order valence-corrected chi connectivity index (χ0v) is 21.8. The average molecular weight is 633 g/mol. The van der Waals surface area contributed by atoms with Gasteiger partial charge < -0.3 is 39.5 Å². The maximum Gasteiger partial charge on any atom is 0.490 e. The van der Waals surface area contributed by atoms with Crippen LogP contribution in [0.3, 0.4) is 0 Å². The SMILES string of the molecule is Cc1c(C(F)(F)F)[nH]c2nc(=S)n([C@@H]3O[C@H](COP(=O)(O)OP(=O)(O)OP(=O)(O)O)C(O)[C@@H]3O)cc2c1=O. The van der Waals surface area contributed by atoms with Crippen LogP contribution in [0.25, 0.3) is 11.0 Å². The predicted octanol–water partition coefficient (Wildman–Crippen LogP) is 0.744. The maximum absolute atomic E-state index is 13.2. The number of hydrogen-bond donors (Lipinski definition) is 7. The van der Waals surface area contributed by atoms with Crippen molar-refractivity contribution >= 4 is 46.7 Å². The zero-order valence-electron chi connectivity index (χ0n) is 18.3. The molecular formula is C14H17F3N3O14P3S. The van der Waals surface area contributed by atoms with E-state index in [0.29, 0.717) is 0 Å². The van der Waals surface area contributed by atoms with Crippen LogP contribution >= 0.6 is 35.7 Å². The highest BCUT2D eigenvalue weighted by Gasteiger charge is 2.47. The monoisotopic (exact) mass is 633 g/mol. The third-order valence-corrected chi connectivity index (χ3v) is 8.97. The minimum atomic E-state index is -5.82. The van der Waals surface area contributed by atoms with Gasteiger partial charge in [-0.1, -0.05) is 0 Å². The smallest absolute Gasteiger partial charge is 0.387 e. The number of ether oxygens (including phenoxy) is 1. The van der Waals surface area contributed by atoms with E-state index >= 15 is 0 Å². The lowest BCUT2D eigenvalue weighted by Crippen LogP contribution is -2.34. The molecule has 3 unspecified atom stereocenters. The molecule has 0 radical (unpaired) electrons. The number of aliphatic hydroxyl groups excluding tert-OH is 2. The maximum atomic E-state index is 13.2. The quantitative estimate of drug-likeness (QED) is 0.156. The van der Waals surface area contributed by atoms with E-state index in [0.717, 1.165) is 17.7 Å². The highest BCUT2D eigenvalue weighted by molar-refractivity contribution is 7.71. The van der Waals surface area contributed by atoms with Crippen molar-refractivity contribution in [2.75, 3.05) is 6.61 Å². The molecular weight excluding hydrogens is 616 g/mol. The lowest BCUT2D eigenvalue weighted by molar-refractivity contribution is -0.141. The first kappa shape index (κ1) is 31.1. The molecule has 2 aromatic heterocycles. The second kappa shape index (κ2) is 10.5. The van der Waals surface area contributed by atoms with Crippen LogP contribution in [0.4, 0.5) is 13.2 Å². The molecule has 0 aliphatic carbocycles. The number of halogens is 3. The molecule has 0 bridgehead atoms. The third-order valence-electron chi connectivity index (χ3n) is 4.87. The highest BCUT2D eigenvalue weighted by atomic mass is 32.1. The molecule has 1 aliphatic heterocycles. The van der Waals surface area contributed by atoms with Gasteiger partial charge in [0.15, 0.2) is 11.7 Å². The zero-order chi connectivity index (χ0) is 29.0. The second-order valence-corrected chi connectivity index (χ2v) is 12.4. The van der Waals surface area contributed by atoms with Crippen LogP contribution in [-0.4, -0.2) is 69.2 Å². The number of pyridine rings is 1. The van der Waals surface area contributed by atoms with Crippen LogP contribution in [0.1, 0.15) is 17.5 Å². The first-order valence-electron chi connectivity index (χ1n) is 9.65. The number of hydrogen-bond acceptors (Lipinski definition) is 12. The molecule has 38 heavy (non-hydrogen) atoms. The fourth-order valence-electron chi connectivity index (χ4n) is 3.29. The number of nitrogens with zero attached hydrogens (tertiary/aromatic N) is 2. The van der Waals surface area contributed by atoms with Crippen molar-refractivity contribution in [3.63, 3.8) is 0 Å². The van der Waals surface area contributed by atoms with Crippen LogP contribution in [0.2, 0.25) is 0 Å².